The molecule has 0 aliphatic heterocycles. The van der Waals surface area contributed by atoms with Crippen molar-refractivity contribution >= 4 is 21.4 Å². The summed E-state index contributed by atoms with van der Waals surface area (Å²) in [5.41, 5.74) is 1.83. The molecule has 0 aliphatic rings. The third kappa shape index (κ3) is 1.65. The maximum absolute atomic E-state index is 8.93. The molecule has 2 heterocycles. The van der Waals surface area contributed by atoms with E-state index in [4.69, 9.17) is 10.00 Å². The minimum atomic E-state index is -0.179. The highest BCUT2D eigenvalue weighted by molar-refractivity contribution is 9.10. The van der Waals surface area contributed by atoms with Crippen molar-refractivity contribution < 1.29 is 4.74 Å². The average molecular weight is 280 g/mol. The Morgan fingerprint density at radius 1 is 1.62 bits per heavy atom. The molecule has 16 heavy (non-hydrogen) atoms. The van der Waals surface area contributed by atoms with E-state index >= 15 is 0 Å². The van der Waals surface area contributed by atoms with Crippen LogP contribution in [0, 0.1) is 11.3 Å². The zero-order chi connectivity index (χ0) is 11.7. The first-order chi connectivity index (χ1) is 7.67. The number of hydrogen-bond acceptors (Lipinski definition) is 3. The fourth-order valence-corrected chi connectivity index (χ4v) is 2.21. The van der Waals surface area contributed by atoms with E-state index in [1.54, 1.807) is 24.0 Å². The van der Waals surface area contributed by atoms with E-state index in [-0.39, 0.29) is 5.92 Å². The molecule has 0 fully saturated rings. The van der Waals surface area contributed by atoms with Crippen molar-refractivity contribution in [2.75, 3.05) is 7.11 Å². The van der Waals surface area contributed by atoms with Crippen LogP contribution in [0.5, 0.6) is 5.75 Å². The van der Waals surface area contributed by atoms with Gasteiger partial charge in [0.2, 0.25) is 0 Å². The second-order valence-electron chi connectivity index (χ2n) is 3.47. The van der Waals surface area contributed by atoms with E-state index in [2.05, 4.69) is 27.1 Å². The lowest BCUT2D eigenvalue weighted by Crippen LogP contribution is -1.93. The molecule has 82 valence electrons. The maximum atomic E-state index is 8.93. The van der Waals surface area contributed by atoms with Gasteiger partial charge in [-0.3, -0.25) is 0 Å². The van der Waals surface area contributed by atoms with Crippen molar-refractivity contribution in [1.82, 2.24) is 9.61 Å². The number of nitriles is 1. The Kier molecular flexibility index (Phi) is 2.84. The van der Waals surface area contributed by atoms with Crippen LogP contribution in [0.3, 0.4) is 0 Å². The third-order valence-electron chi connectivity index (χ3n) is 2.46. The molecule has 0 aliphatic carbocycles. The Hall–Kier alpha value is -1.54. The smallest absolute Gasteiger partial charge is 0.138 e. The molecule has 2 rings (SSSR count). The predicted molar refractivity (Wildman–Crippen MR) is 63.5 cm³/mol. The van der Waals surface area contributed by atoms with E-state index in [0.29, 0.717) is 0 Å². The Morgan fingerprint density at radius 2 is 2.38 bits per heavy atom. The molecule has 0 saturated heterocycles. The highest BCUT2D eigenvalue weighted by Crippen LogP contribution is 2.29. The first-order valence-corrected chi connectivity index (χ1v) is 5.57. The van der Waals surface area contributed by atoms with Crippen molar-refractivity contribution in [3.8, 4) is 11.8 Å². The van der Waals surface area contributed by atoms with Crippen molar-refractivity contribution in [2.45, 2.75) is 12.8 Å². The number of halogens is 1. The number of ether oxygens (including phenoxy) is 1. The highest BCUT2D eigenvalue weighted by Gasteiger charge is 2.14. The summed E-state index contributed by atoms with van der Waals surface area (Å²) in [7, 11) is 1.61. The van der Waals surface area contributed by atoms with Gasteiger partial charge in [-0.15, -0.1) is 0 Å². The minimum Gasteiger partial charge on any atom is -0.495 e. The molecule has 0 saturated carbocycles. The van der Waals surface area contributed by atoms with Crippen LogP contribution < -0.4 is 4.74 Å². The molecule has 0 radical (unpaired) electrons. The average Bonchev–Trinajstić information content (AvgIpc) is 2.72. The lowest BCUT2D eigenvalue weighted by molar-refractivity contribution is 0.411. The number of pyridine rings is 1. The van der Waals surface area contributed by atoms with Gasteiger partial charge in [-0.05, 0) is 28.9 Å². The van der Waals surface area contributed by atoms with Gasteiger partial charge >= 0.3 is 0 Å². The van der Waals surface area contributed by atoms with Gasteiger partial charge in [0.15, 0.2) is 0 Å². The Morgan fingerprint density at radius 3 is 3.00 bits per heavy atom. The number of methoxy groups -OCH3 is 1. The SMILES string of the molecule is COc1cc(Br)c2c(C(C)C#N)cnn2c1. The van der Waals surface area contributed by atoms with E-state index in [1.165, 1.54) is 0 Å². The predicted octanol–water partition coefficient (Wildman–Crippen LogP) is 2.73. The second-order valence-corrected chi connectivity index (χ2v) is 4.33. The molecule has 2 aromatic heterocycles. The van der Waals surface area contributed by atoms with Crippen molar-refractivity contribution in [1.29, 1.82) is 5.26 Å². The van der Waals surface area contributed by atoms with Crippen LogP contribution in [-0.4, -0.2) is 16.7 Å². The molecule has 5 heteroatoms. The van der Waals surface area contributed by atoms with E-state index in [1.807, 2.05) is 13.0 Å². The maximum Gasteiger partial charge on any atom is 0.138 e. The van der Waals surface area contributed by atoms with Crippen LogP contribution in [0.2, 0.25) is 0 Å². The lowest BCUT2D eigenvalue weighted by Gasteiger charge is -2.05. The van der Waals surface area contributed by atoms with Crippen molar-refractivity contribution in [3.05, 3.63) is 28.5 Å². The van der Waals surface area contributed by atoms with Gasteiger partial charge < -0.3 is 4.74 Å². The van der Waals surface area contributed by atoms with Crippen LogP contribution in [0.15, 0.2) is 22.9 Å². The molecule has 0 amide bonds. The van der Waals surface area contributed by atoms with Crippen LogP contribution >= 0.6 is 15.9 Å². The number of hydrogen-bond donors (Lipinski definition) is 0. The number of nitrogens with zero attached hydrogens (tertiary/aromatic N) is 3. The minimum absolute atomic E-state index is 0.179. The van der Waals surface area contributed by atoms with Crippen molar-refractivity contribution in [3.63, 3.8) is 0 Å². The quantitative estimate of drug-likeness (QED) is 0.849. The van der Waals surface area contributed by atoms with Crippen LogP contribution in [0.1, 0.15) is 18.4 Å². The van der Waals surface area contributed by atoms with Gasteiger partial charge in [0.05, 0.1) is 37.0 Å². The Labute approximate surface area is 102 Å². The number of rotatable bonds is 2. The summed E-state index contributed by atoms with van der Waals surface area (Å²) in [6, 6.07) is 4.08. The first kappa shape index (κ1) is 11.0. The summed E-state index contributed by atoms with van der Waals surface area (Å²) in [5.74, 6) is 0.542. The standard InChI is InChI=1S/C11H10BrN3O/c1-7(4-13)9-5-14-15-6-8(16-2)3-10(12)11(9)15/h3,5-7H,1-2H3. The second kappa shape index (κ2) is 4.14. The van der Waals surface area contributed by atoms with E-state index in [9.17, 15) is 0 Å². The van der Waals surface area contributed by atoms with Crippen LogP contribution in [0.25, 0.3) is 5.52 Å². The van der Waals surface area contributed by atoms with Gasteiger partial charge in [0.1, 0.15) is 5.75 Å². The summed E-state index contributed by atoms with van der Waals surface area (Å²) >= 11 is 3.47. The zero-order valence-electron chi connectivity index (χ0n) is 8.94. The van der Waals surface area contributed by atoms with E-state index < -0.39 is 0 Å². The number of fused-ring (bicyclic) bond motifs is 1. The molecule has 1 atom stereocenters. The summed E-state index contributed by atoms with van der Waals surface area (Å²) < 4.78 is 7.73. The topological polar surface area (TPSA) is 50.3 Å². The fraction of sp³-hybridized carbons (Fsp3) is 0.273. The molecule has 2 aromatic rings. The normalized spacial score (nSPS) is 12.4. The molecular weight excluding hydrogens is 270 g/mol. The summed E-state index contributed by atoms with van der Waals surface area (Å²) in [5, 5.41) is 13.1. The molecule has 0 N–H and O–H groups in total. The molecule has 0 spiro atoms. The van der Waals surface area contributed by atoms with Crippen LogP contribution in [-0.2, 0) is 0 Å². The monoisotopic (exact) mass is 279 g/mol. The van der Waals surface area contributed by atoms with Gasteiger partial charge in [-0.1, -0.05) is 0 Å². The van der Waals surface area contributed by atoms with Gasteiger partial charge in [-0.2, -0.15) is 10.4 Å². The Bertz CT molecular complexity index is 570. The fourth-order valence-electron chi connectivity index (χ4n) is 1.57. The van der Waals surface area contributed by atoms with Gasteiger partial charge in [-0.25, -0.2) is 4.52 Å². The zero-order valence-corrected chi connectivity index (χ0v) is 10.5. The van der Waals surface area contributed by atoms with Gasteiger partial charge in [0.25, 0.3) is 0 Å². The van der Waals surface area contributed by atoms with E-state index in [0.717, 1.165) is 21.3 Å². The molecule has 4 nitrogen and oxygen atoms in total. The molecular formula is C11H10BrN3O. The third-order valence-corrected chi connectivity index (χ3v) is 3.07. The molecule has 0 aromatic carbocycles. The van der Waals surface area contributed by atoms with Gasteiger partial charge in [0, 0.05) is 10.0 Å². The van der Waals surface area contributed by atoms with Crippen LogP contribution in [0.4, 0.5) is 0 Å². The Balaban J connectivity index is 2.69. The highest BCUT2D eigenvalue weighted by atomic mass is 79.9. The number of aromatic nitrogens is 2. The summed E-state index contributed by atoms with van der Waals surface area (Å²) in [6.45, 7) is 1.85. The lowest BCUT2D eigenvalue weighted by atomic mass is 10.1. The summed E-state index contributed by atoms with van der Waals surface area (Å²) in [4.78, 5) is 0. The largest absolute Gasteiger partial charge is 0.495 e. The van der Waals surface area contributed by atoms with Crippen molar-refractivity contribution in [2.24, 2.45) is 0 Å². The summed E-state index contributed by atoms with van der Waals surface area (Å²) in [6.07, 6.45) is 3.50. The molecule has 0 bridgehead atoms. The molecule has 1 unspecified atom stereocenters. The first-order valence-electron chi connectivity index (χ1n) is 4.77.